The van der Waals surface area contributed by atoms with Gasteiger partial charge in [-0.25, -0.2) is 9.59 Å². The van der Waals surface area contributed by atoms with Crippen LogP contribution in [0.5, 0.6) is 0 Å². The summed E-state index contributed by atoms with van der Waals surface area (Å²) in [5.41, 5.74) is -0.423. The highest BCUT2D eigenvalue weighted by atomic mass is 16.8. The number of carbonyl (C=O) groups excluding carboxylic acids is 1. The van der Waals surface area contributed by atoms with Crippen LogP contribution in [0.25, 0.3) is 21.9 Å². The van der Waals surface area contributed by atoms with Gasteiger partial charge in [-0.2, -0.15) is 0 Å². The molecule has 8 heteroatoms. The third-order valence-electron chi connectivity index (χ3n) is 3.20. The molecule has 8 nitrogen and oxygen atoms in total. The summed E-state index contributed by atoms with van der Waals surface area (Å²) in [6, 6.07) is 5.91. The number of hydrogen-bond donors (Lipinski definition) is 2. The zero-order chi connectivity index (χ0) is 15.9. The Balaban J connectivity index is 2.27. The van der Waals surface area contributed by atoms with Crippen molar-refractivity contribution in [2.45, 2.75) is 6.92 Å². The summed E-state index contributed by atoms with van der Waals surface area (Å²) >= 11 is 0. The summed E-state index contributed by atoms with van der Waals surface area (Å²) in [6.45, 7) is 1.94. The number of rotatable bonds is 3. The lowest BCUT2D eigenvalue weighted by Gasteiger charge is -2.19. The van der Waals surface area contributed by atoms with E-state index in [2.05, 4.69) is 4.98 Å². The monoisotopic (exact) mass is 303 g/mol. The van der Waals surface area contributed by atoms with Crippen LogP contribution in [0.1, 0.15) is 17.4 Å². The number of aromatic amines is 1. The SMILES string of the molecule is CCOC(=O)c1cc2c(ccc3oc(=O)c(N([O-])O)cc32)[nH]1. The second kappa shape index (κ2) is 5.17. The molecule has 0 aliphatic carbocycles. The van der Waals surface area contributed by atoms with Crippen molar-refractivity contribution in [1.82, 2.24) is 4.98 Å². The van der Waals surface area contributed by atoms with Gasteiger partial charge in [-0.05, 0) is 31.2 Å². The van der Waals surface area contributed by atoms with Crippen LogP contribution in [0.2, 0.25) is 0 Å². The molecule has 2 heterocycles. The van der Waals surface area contributed by atoms with E-state index in [1.54, 1.807) is 13.0 Å². The molecule has 0 spiro atoms. The molecule has 2 aromatic heterocycles. The van der Waals surface area contributed by atoms with Crippen LogP contribution in [-0.2, 0) is 4.74 Å². The van der Waals surface area contributed by atoms with Crippen LogP contribution in [0.4, 0.5) is 5.69 Å². The molecule has 0 atom stereocenters. The van der Waals surface area contributed by atoms with Crippen molar-refractivity contribution in [3.63, 3.8) is 0 Å². The van der Waals surface area contributed by atoms with Gasteiger partial charge in [0.2, 0.25) is 0 Å². The molecular formula is C14H11N2O6-. The molecule has 0 fully saturated rings. The first kappa shape index (κ1) is 14.1. The topological polar surface area (TPSA) is 119 Å². The van der Waals surface area contributed by atoms with Crippen LogP contribution in [-0.4, -0.2) is 22.8 Å². The number of H-pyrrole nitrogens is 1. The standard InChI is InChI=1S/C14H11N2O6/c1-2-21-13(17)10-5-7-8-6-11(16(19)20)14(18)22-12(8)4-3-9(7)15-10/h3-6,15,19H,2H2,1H3/q-1. The molecule has 22 heavy (non-hydrogen) atoms. The van der Waals surface area contributed by atoms with Gasteiger partial charge < -0.3 is 24.6 Å². The number of anilines is 1. The van der Waals surface area contributed by atoms with Crippen LogP contribution >= 0.6 is 0 Å². The Morgan fingerprint density at radius 1 is 1.41 bits per heavy atom. The number of esters is 1. The van der Waals surface area contributed by atoms with E-state index in [1.807, 2.05) is 0 Å². The Labute approximate surface area is 123 Å². The van der Waals surface area contributed by atoms with Crippen LogP contribution in [0, 0.1) is 5.21 Å². The normalized spacial score (nSPS) is 11.0. The zero-order valence-electron chi connectivity index (χ0n) is 11.5. The summed E-state index contributed by atoms with van der Waals surface area (Å²) in [5.74, 6) is -0.517. The maximum absolute atomic E-state index is 11.8. The minimum Gasteiger partial charge on any atom is -0.733 e. The fourth-order valence-electron chi connectivity index (χ4n) is 2.24. The molecule has 0 bridgehead atoms. The first-order valence-corrected chi connectivity index (χ1v) is 6.44. The van der Waals surface area contributed by atoms with E-state index in [0.717, 1.165) is 0 Å². The summed E-state index contributed by atoms with van der Waals surface area (Å²) in [6.07, 6.45) is 0. The highest BCUT2D eigenvalue weighted by Crippen LogP contribution is 2.27. The van der Waals surface area contributed by atoms with E-state index < -0.39 is 22.5 Å². The molecule has 0 saturated carbocycles. The van der Waals surface area contributed by atoms with E-state index in [1.165, 1.54) is 18.2 Å². The molecule has 3 rings (SSSR count). The number of hydrogen-bond acceptors (Lipinski definition) is 7. The molecule has 3 aromatic rings. The van der Waals surface area contributed by atoms with Crippen LogP contribution in [0.15, 0.2) is 33.5 Å². The fourth-order valence-corrected chi connectivity index (χ4v) is 2.24. The van der Waals surface area contributed by atoms with Gasteiger partial charge in [-0.3, -0.25) is 5.21 Å². The summed E-state index contributed by atoms with van der Waals surface area (Å²) < 4.78 is 9.90. The number of aromatic nitrogens is 1. The third kappa shape index (κ3) is 2.20. The van der Waals surface area contributed by atoms with Crippen molar-refractivity contribution in [1.29, 1.82) is 0 Å². The Hall–Kier alpha value is -2.84. The Morgan fingerprint density at radius 2 is 2.18 bits per heavy atom. The second-order valence-electron chi connectivity index (χ2n) is 4.53. The molecule has 114 valence electrons. The van der Waals surface area contributed by atoms with Gasteiger partial charge in [0, 0.05) is 16.3 Å². The van der Waals surface area contributed by atoms with Crippen molar-refractivity contribution in [2.75, 3.05) is 11.8 Å². The van der Waals surface area contributed by atoms with Crippen molar-refractivity contribution >= 4 is 33.5 Å². The molecule has 0 aliphatic heterocycles. The average molecular weight is 303 g/mol. The summed E-state index contributed by atoms with van der Waals surface area (Å²) in [4.78, 5) is 26.2. The van der Waals surface area contributed by atoms with E-state index in [0.29, 0.717) is 16.3 Å². The Morgan fingerprint density at radius 3 is 2.86 bits per heavy atom. The number of carbonyl (C=O) groups is 1. The average Bonchev–Trinajstić information content (AvgIpc) is 2.90. The lowest BCUT2D eigenvalue weighted by atomic mass is 10.1. The minimum atomic E-state index is -0.953. The van der Waals surface area contributed by atoms with Crippen molar-refractivity contribution in [3.8, 4) is 0 Å². The molecular weight excluding hydrogens is 292 g/mol. The quantitative estimate of drug-likeness (QED) is 0.432. The van der Waals surface area contributed by atoms with Crippen LogP contribution < -0.4 is 10.9 Å². The first-order chi connectivity index (χ1) is 10.5. The number of ether oxygens (including phenoxy) is 1. The van der Waals surface area contributed by atoms with E-state index in [4.69, 9.17) is 14.4 Å². The molecule has 0 amide bonds. The van der Waals surface area contributed by atoms with Gasteiger partial charge in [-0.15, -0.1) is 0 Å². The summed E-state index contributed by atoms with van der Waals surface area (Å²) in [7, 11) is 0. The number of nitrogens with zero attached hydrogens (tertiary/aromatic N) is 1. The molecule has 0 unspecified atom stereocenters. The maximum atomic E-state index is 11.8. The van der Waals surface area contributed by atoms with Gasteiger partial charge in [0.1, 0.15) is 17.0 Å². The summed E-state index contributed by atoms with van der Waals surface area (Å²) in [5, 5.41) is 20.3. The zero-order valence-corrected chi connectivity index (χ0v) is 11.5. The van der Waals surface area contributed by atoms with Gasteiger partial charge in [0.25, 0.3) is 0 Å². The lowest BCUT2D eigenvalue weighted by molar-refractivity contribution is 0.0520. The van der Waals surface area contributed by atoms with Gasteiger partial charge >= 0.3 is 11.6 Å². The third-order valence-corrected chi connectivity index (χ3v) is 3.20. The predicted molar refractivity (Wildman–Crippen MR) is 77.9 cm³/mol. The molecule has 1 aromatic carbocycles. The first-order valence-electron chi connectivity index (χ1n) is 6.44. The molecule has 0 radical (unpaired) electrons. The highest BCUT2D eigenvalue weighted by molar-refractivity contribution is 6.08. The molecule has 0 saturated heterocycles. The van der Waals surface area contributed by atoms with E-state index in [-0.39, 0.29) is 17.9 Å². The predicted octanol–water partition coefficient (Wildman–Crippen LogP) is 2.14. The molecule has 0 aliphatic rings. The second-order valence-corrected chi connectivity index (χ2v) is 4.53. The Kier molecular flexibility index (Phi) is 3.32. The van der Waals surface area contributed by atoms with E-state index in [9.17, 15) is 14.8 Å². The maximum Gasteiger partial charge on any atom is 0.361 e. The Bertz CT molecular complexity index is 924. The molecule has 2 N–H and O–H groups in total. The lowest BCUT2D eigenvalue weighted by Crippen LogP contribution is -2.16. The van der Waals surface area contributed by atoms with Crippen molar-refractivity contribution < 1.29 is 19.2 Å². The van der Waals surface area contributed by atoms with Crippen molar-refractivity contribution in [2.24, 2.45) is 0 Å². The number of benzene rings is 1. The fraction of sp³-hybridized carbons (Fsp3) is 0.143. The van der Waals surface area contributed by atoms with Crippen molar-refractivity contribution in [3.05, 3.63) is 45.6 Å². The highest BCUT2D eigenvalue weighted by Gasteiger charge is 2.14. The number of fused-ring (bicyclic) bond motifs is 3. The minimum absolute atomic E-state index is 0.234. The number of nitrogens with one attached hydrogen (secondary N) is 1. The van der Waals surface area contributed by atoms with Gasteiger partial charge in [0.05, 0.1) is 6.61 Å². The smallest absolute Gasteiger partial charge is 0.361 e. The van der Waals surface area contributed by atoms with E-state index >= 15 is 0 Å². The van der Waals surface area contributed by atoms with Gasteiger partial charge in [0.15, 0.2) is 0 Å². The largest absolute Gasteiger partial charge is 0.733 e. The van der Waals surface area contributed by atoms with Crippen LogP contribution in [0.3, 0.4) is 0 Å². The van der Waals surface area contributed by atoms with Gasteiger partial charge in [-0.1, -0.05) is 0 Å².